The first kappa shape index (κ1) is 15.0. The lowest BCUT2D eigenvalue weighted by atomic mass is 10.2. The van der Waals surface area contributed by atoms with Crippen molar-refractivity contribution in [2.45, 2.75) is 6.92 Å². The molecule has 0 heterocycles. The fourth-order valence-corrected chi connectivity index (χ4v) is 1.86. The molecule has 0 aliphatic rings. The molecule has 0 radical (unpaired) electrons. The first-order valence-electron chi connectivity index (χ1n) is 6.01. The van der Waals surface area contributed by atoms with Crippen LogP contribution in [0.25, 0.3) is 0 Å². The smallest absolute Gasteiger partial charge is 0.410 e. The van der Waals surface area contributed by atoms with E-state index in [1.165, 1.54) is 12.1 Å². The topological polar surface area (TPSA) is 55.4 Å². The first-order valence-corrected chi connectivity index (χ1v) is 6.39. The second-order valence-electron chi connectivity index (χ2n) is 4.25. The van der Waals surface area contributed by atoms with Crippen molar-refractivity contribution < 1.29 is 18.7 Å². The van der Waals surface area contributed by atoms with Crippen LogP contribution in [-0.4, -0.2) is 12.0 Å². The molecule has 2 amide bonds. The number of carbonyl (C=O) groups is 2. The summed E-state index contributed by atoms with van der Waals surface area (Å²) in [6, 6.07) is 10.4. The van der Waals surface area contributed by atoms with Crippen LogP contribution in [0, 0.1) is 12.7 Å². The molecule has 2 rings (SSSR count). The predicted molar refractivity (Wildman–Crippen MR) is 76.1 cm³/mol. The maximum absolute atomic E-state index is 13.5. The Balaban J connectivity index is 2.06. The number of benzene rings is 2. The average Bonchev–Trinajstić information content (AvgIpc) is 2.41. The molecule has 1 N–H and O–H groups in total. The lowest BCUT2D eigenvalue weighted by Crippen LogP contribution is -2.33. The number of hydrogen-bond acceptors (Lipinski definition) is 3. The van der Waals surface area contributed by atoms with Gasteiger partial charge in [0.15, 0.2) is 0 Å². The molecule has 0 aliphatic carbocycles. The van der Waals surface area contributed by atoms with E-state index >= 15 is 0 Å². The highest BCUT2D eigenvalue weighted by atomic mass is 35.5. The van der Waals surface area contributed by atoms with E-state index in [9.17, 15) is 14.0 Å². The monoisotopic (exact) mass is 307 g/mol. The van der Waals surface area contributed by atoms with Gasteiger partial charge in [0.1, 0.15) is 11.6 Å². The van der Waals surface area contributed by atoms with Crippen molar-refractivity contribution in [3.63, 3.8) is 0 Å². The van der Waals surface area contributed by atoms with Crippen LogP contribution in [0.5, 0.6) is 5.75 Å². The van der Waals surface area contributed by atoms with Crippen LogP contribution in [-0.2, 0) is 0 Å². The van der Waals surface area contributed by atoms with Gasteiger partial charge in [-0.1, -0.05) is 35.4 Å². The van der Waals surface area contributed by atoms with Crippen molar-refractivity contribution in [3.8, 4) is 5.75 Å². The third-order valence-corrected chi connectivity index (χ3v) is 2.95. The fraction of sp³-hybridized carbons (Fsp3) is 0.0667. The summed E-state index contributed by atoms with van der Waals surface area (Å²) < 4.78 is 18.4. The van der Waals surface area contributed by atoms with Gasteiger partial charge >= 0.3 is 6.09 Å². The number of carbonyl (C=O) groups excluding carboxylic acids is 2. The van der Waals surface area contributed by atoms with Gasteiger partial charge in [-0.25, -0.2) is 9.18 Å². The van der Waals surface area contributed by atoms with Gasteiger partial charge in [0, 0.05) is 0 Å². The van der Waals surface area contributed by atoms with E-state index < -0.39 is 23.4 Å². The van der Waals surface area contributed by atoms with Crippen LogP contribution in [0.4, 0.5) is 9.18 Å². The van der Waals surface area contributed by atoms with E-state index in [2.05, 4.69) is 0 Å². The molecule has 0 fully saturated rings. The largest absolute Gasteiger partial charge is 0.419 e. The number of halogens is 2. The molecule has 0 spiro atoms. The number of amides is 2. The molecule has 6 heteroatoms. The Hall–Kier alpha value is -2.40. The van der Waals surface area contributed by atoms with Gasteiger partial charge in [-0.3, -0.25) is 10.1 Å². The molecular weight excluding hydrogens is 297 g/mol. The lowest BCUT2D eigenvalue weighted by Gasteiger charge is -2.07. The third kappa shape index (κ3) is 3.79. The number of ether oxygens (including phenoxy) is 1. The molecule has 0 aromatic heterocycles. The van der Waals surface area contributed by atoms with Gasteiger partial charge in [-0.15, -0.1) is 0 Å². The van der Waals surface area contributed by atoms with Crippen molar-refractivity contribution in [1.29, 1.82) is 0 Å². The SMILES string of the molecule is Cc1ccc(OC(=O)NC(=O)c2c(F)cccc2Cl)cc1. The second-order valence-corrected chi connectivity index (χ2v) is 4.66. The maximum Gasteiger partial charge on any atom is 0.419 e. The van der Waals surface area contributed by atoms with Crippen LogP contribution in [0.2, 0.25) is 5.02 Å². The fourth-order valence-electron chi connectivity index (χ4n) is 1.61. The van der Waals surface area contributed by atoms with Gasteiger partial charge in [-0.05, 0) is 31.2 Å². The van der Waals surface area contributed by atoms with Gasteiger partial charge < -0.3 is 4.74 Å². The minimum Gasteiger partial charge on any atom is -0.410 e. The Labute approximate surface area is 125 Å². The molecule has 108 valence electrons. The van der Waals surface area contributed by atoms with E-state index in [0.29, 0.717) is 0 Å². The Kier molecular flexibility index (Phi) is 4.55. The molecule has 0 unspecified atom stereocenters. The zero-order valence-corrected chi connectivity index (χ0v) is 11.8. The number of rotatable bonds is 2. The standard InChI is InChI=1S/C15H11ClFNO3/c1-9-5-7-10(8-6-9)21-15(20)18-14(19)13-11(16)3-2-4-12(13)17/h2-8H,1H3,(H,18,19,20). The highest BCUT2D eigenvalue weighted by Gasteiger charge is 2.18. The van der Waals surface area contributed by atoms with Crippen LogP contribution in [0.3, 0.4) is 0 Å². The van der Waals surface area contributed by atoms with Gasteiger partial charge in [0.25, 0.3) is 5.91 Å². The van der Waals surface area contributed by atoms with E-state index in [0.717, 1.165) is 11.6 Å². The normalized spacial score (nSPS) is 10.0. The van der Waals surface area contributed by atoms with Crippen molar-refractivity contribution in [3.05, 3.63) is 64.4 Å². The zero-order chi connectivity index (χ0) is 15.4. The Morgan fingerprint density at radius 1 is 1.14 bits per heavy atom. The van der Waals surface area contributed by atoms with E-state index in [1.54, 1.807) is 24.3 Å². The molecular formula is C15H11ClFNO3. The minimum absolute atomic E-state index is 0.0874. The summed E-state index contributed by atoms with van der Waals surface area (Å²) in [6.45, 7) is 1.88. The predicted octanol–water partition coefficient (Wildman–Crippen LogP) is 3.72. The molecule has 0 saturated heterocycles. The highest BCUT2D eigenvalue weighted by Crippen LogP contribution is 2.19. The third-order valence-electron chi connectivity index (χ3n) is 2.64. The van der Waals surface area contributed by atoms with Crippen molar-refractivity contribution in [2.24, 2.45) is 0 Å². The molecule has 2 aromatic carbocycles. The summed E-state index contributed by atoms with van der Waals surface area (Å²) in [5, 5.41) is 1.83. The quantitative estimate of drug-likeness (QED) is 0.920. The molecule has 0 saturated carbocycles. The van der Waals surface area contributed by atoms with Gasteiger partial charge in [0.2, 0.25) is 0 Å². The number of hydrogen-bond donors (Lipinski definition) is 1. The number of nitrogens with one attached hydrogen (secondary N) is 1. The summed E-state index contributed by atoms with van der Waals surface area (Å²) in [7, 11) is 0. The van der Waals surface area contributed by atoms with Crippen LogP contribution < -0.4 is 10.1 Å². The van der Waals surface area contributed by atoms with Crippen LogP contribution in [0.15, 0.2) is 42.5 Å². The summed E-state index contributed by atoms with van der Waals surface area (Å²) in [5.41, 5.74) is 0.594. The molecule has 0 aliphatic heterocycles. The average molecular weight is 308 g/mol. The number of aryl methyl sites for hydroxylation is 1. The van der Waals surface area contributed by atoms with Crippen LogP contribution >= 0.6 is 11.6 Å². The van der Waals surface area contributed by atoms with E-state index in [4.69, 9.17) is 16.3 Å². The van der Waals surface area contributed by atoms with Crippen molar-refractivity contribution in [1.82, 2.24) is 5.32 Å². The van der Waals surface area contributed by atoms with Gasteiger partial charge in [-0.2, -0.15) is 0 Å². The molecule has 0 bridgehead atoms. The Bertz CT molecular complexity index is 666. The lowest BCUT2D eigenvalue weighted by molar-refractivity contribution is 0.0947. The molecule has 4 nitrogen and oxygen atoms in total. The van der Waals surface area contributed by atoms with Gasteiger partial charge in [0.05, 0.1) is 10.6 Å². The number of imide groups is 1. The zero-order valence-electron chi connectivity index (χ0n) is 11.0. The van der Waals surface area contributed by atoms with Crippen molar-refractivity contribution >= 4 is 23.6 Å². The Morgan fingerprint density at radius 2 is 1.81 bits per heavy atom. The van der Waals surface area contributed by atoms with Crippen molar-refractivity contribution in [2.75, 3.05) is 0 Å². The molecule has 2 aromatic rings. The summed E-state index contributed by atoms with van der Waals surface area (Å²) in [6.07, 6.45) is -1.01. The van der Waals surface area contributed by atoms with E-state index in [1.807, 2.05) is 12.2 Å². The summed E-state index contributed by atoms with van der Waals surface area (Å²) >= 11 is 5.73. The maximum atomic E-state index is 13.5. The highest BCUT2D eigenvalue weighted by molar-refractivity contribution is 6.34. The molecule has 0 atom stereocenters. The van der Waals surface area contributed by atoms with Crippen LogP contribution in [0.1, 0.15) is 15.9 Å². The van der Waals surface area contributed by atoms with E-state index in [-0.39, 0.29) is 10.8 Å². The summed E-state index contributed by atoms with van der Waals surface area (Å²) in [5.74, 6) is -1.51. The minimum atomic E-state index is -1.01. The second kappa shape index (κ2) is 6.37. The Morgan fingerprint density at radius 3 is 2.43 bits per heavy atom. The molecule has 21 heavy (non-hydrogen) atoms. The summed E-state index contributed by atoms with van der Waals surface area (Å²) in [4.78, 5) is 23.4. The first-order chi connectivity index (χ1) is 9.97.